The summed E-state index contributed by atoms with van der Waals surface area (Å²) in [6.07, 6.45) is 2.06. The van der Waals surface area contributed by atoms with Crippen molar-refractivity contribution in [2.75, 3.05) is 0 Å². The summed E-state index contributed by atoms with van der Waals surface area (Å²) in [6.45, 7) is 2.28. The summed E-state index contributed by atoms with van der Waals surface area (Å²) >= 11 is 13.6. The minimum Gasteiger partial charge on any atom is -0.485 e. The predicted octanol–water partition coefficient (Wildman–Crippen LogP) is 4.47. The van der Waals surface area contributed by atoms with Crippen molar-refractivity contribution in [3.05, 3.63) is 43.8 Å². The Morgan fingerprint density at radius 1 is 1.35 bits per heavy atom. The molecule has 0 saturated carbocycles. The Balaban J connectivity index is 2.10. The van der Waals surface area contributed by atoms with Gasteiger partial charge in [-0.1, -0.05) is 30.1 Å². The van der Waals surface area contributed by atoms with Gasteiger partial charge in [-0.2, -0.15) is 0 Å². The second kappa shape index (κ2) is 7.27. The van der Waals surface area contributed by atoms with Crippen LogP contribution in [-0.2, 0) is 19.6 Å². The maximum Gasteiger partial charge on any atom is 0.144 e. The van der Waals surface area contributed by atoms with Crippen molar-refractivity contribution < 1.29 is 9.84 Å². The molecule has 0 unspecified atom stereocenters. The second-order valence-electron chi connectivity index (χ2n) is 4.31. The van der Waals surface area contributed by atoms with E-state index >= 15 is 0 Å². The van der Waals surface area contributed by atoms with Crippen LogP contribution in [0.1, 0.15) is 29.6 Å². The van der Waals surface area contributed by atoms with E-state index < -0.39 is 0 Å². The van der Waals surface area contributed by atoms with E-state index in [2.05, 4.69) is 11.9 Å². The van der Waals surface area contributed by atoms with Gasteiger partial charge >= 0.3 is 0 Å². The van der Waals surface area contributed by atoms with E-state index in [1.165, 1.54) is 0 Å². The summed E-state index contributed by atoms with van der Waals surface area (Å²) in [5.41, 5.74) is 1.44. The minimum atomic E-state index is -0.173. The summed E-state index contributed by atoms with van der Waals surface area (Å²) < 4.78 is 5.68. The van der Waals surface area contributed by atoms with Crippen LogP contribution in [0.4, 0.5) is 0 Å². The van der Waals surface area contributed by atoms with E-state index in [9.17, 15) is 5.11 Å². The minimum absolute atomic E-state index is 0.173. The molecule has 1 N–H and O–H groups in total. The lowest BCUT2D eigenvalue weighted by atomic mass is 10.2. The zero-order valence-corrected chi connectivity index (χ0v) is 13.4. The van der Waals surface area contributed by atoms with Crippen LogP contribution in [0.2, 0.25) is 10.0 Å². The monoisotopic (exact) mass is 331 g/mol. The van der Waals surface area contributed by atoms with Crippen LogP contribution in [0.15, 0.2) is 17.5 Å². The number of ether oxygens (including phenoxy) is 1. The second-order valence-corrected chi connectivity index (χ2v) is 6.09. The van der Waals surface area contributed by atoms with Gasteiger partial charge in [0.1, 0.15) is 12.4 Å². The molecule has 0 aliphatic carbocycles. The molecule has 6 heteroatoms. The van der Waals surface area contributed by atoms with Crippen LogP contribution in [0.3, 0.4) is 0 Å². The molecule has 20 heavy (non-hydrogen) atoms. The molecule has 0 atom stereocenters. The quantitative estimate of drug-likeness (QED) is 0.848. The molecule has 0 amide bonds. The summed E-state index contributed by atoms with van der Waals surface area (Å²) in [7, 11) is 0. The standard InChI is InChI=1S/C14H15Cl2NO2S/c1-2-3-13-17-11(8-20-13)7-19-14-9(6-18)4-10(15)5-12(14)16/h4-5,8,18H,2-3,6-7H2,1H3. The number of halogens is 2. The third-order valence-electron chi connectivity index (χ3n) is 2.68. The Labute approximate surface area is 132 Å². The van der Waals surface area contributed by atoms with Crippen LogP contribution >= 0.6 is 34.5 Å². The van der Waals surface area contributed by atoms with Crippen LogP contribution in [0, 0.1) is 0 Å². The highest BCUT2D eigenvalue weighted by atomic mass is 35.5. The SMILES string of the molecule is CCCc1nc(COc2c(Cl)cc(Cl)cc2CO)cs1. The zero-order valence-electron chi connectivity index (χ0n) is 11.0. The molecule has 0 aliphatic rings. The average Bonchev–Trinajstić information content (AvgIpc) is 2.85. The van der Waals surface area contributed by atoms with Gasteiger partial charge in [-0.05, 0) is 25.0 Å². The fraction of sp³-hybridized carbons (Fsp3) is 0.357. The molecule has 0 bridgehead atoms. The number of nitrogens with zero attached hydrogens (tertiary/aromatic N) is 1. The van der Waals surface area contributed by atoms with Crippen LogP contribution < -0.4 is 4.74 Å². The van der Waals surface area contributed by atoms with Crippen molar-refractivity contribution in [1.29, 1.82) is 0 Å². The lowest BCUT2D eigenvalue weighted by molar-refractivity contribution is 0.258. The first-order valence-corrected chi connectivity index (χ1v) is 7.92. The fourth-order valence-corrected chi connectivity index (χ4v) is 3.26. The zero-order chi connectivity index (χ0) is 14.5. The van der Waals surface area contributed by atoms with Crippen LogP contribution in [0.25, 0.3) is 0 Å². The van der Waals surface area contributed by atoms with Gasteiger partial charge in [-0.15, -0.1) is 11.3 Å². The Bertz CT molecular complexity index is 587. The van der Waals surface area contributed by atoms with Gasteiger partial charge in [0.2, 0.25) is 0 Å². The normalized spacial score (nSPS) is 10.8. The molecule has 0 saturated heterocycles. The van der Waals surface area contributed by atoms with Crippen molar-refractivity contribution in [3.8, 4) is 5.75 Å². The smallest absolute Gasteiger partial charge is 0.144 e. The first-order valence-electron chi connectivity index (χ1n) is 6.29. The third kappa shape index (κ3) is 3.85. The first kappa shape index (κ1) is 15.6. The molecule has 1 aromatic carbocycles. The highest BCUT2D eigenvalue weighted by Gasteiger charge is 2.11. The fourth-order valence-electron chi connectivity index (χ4n) is 1.78. The van der Waals surface area contributed by atoms with E-state index in [0.717, 1.165) is 23.5 Å². The molecule has 0 spiro atoms. The summed E-state index contributed by atoms with van der Waals surface area (Å²) in [4.78, 5) is 4.48. The predicted molar refractivity (Wildman–Crippen MR) is 82.8 cm³/mol. The van der Waals surface area contributed by atoms with Gasteiger partial charge < -0.3 is 9.84 Å². The molecule has 1 aromatic heterocycles. The van der Waals surface area contributed by atoms with Crippen LogP contribution in [-0.4, -0.2) is 10.1 Å². The summed E-state index contributed by atoms with van der Waals surface area (Å²) in [6, 6.07) is 3.24. The Hall–Kier alpha value is -0.810. The van der Waals surface area contributed by atoms with Crippen molar-refractivity contribution in [2.45, 2.75) is 33.0 Å². The van der Waals surface area contributed by atoms with Crippen molar-refractivity contribution >= 4 is 34.5 Å². The Kier molecular flexibility index (Phi) is 5.66. The molecule has 108 valence electrons. The summed E-state index contributed by atoms with van der Waals surface area (Å²) in [5, 5.41) is 13.3. The number of thiazole rings is 1. The Morgan fingerprint density at radius 3 is 2.85 bits per heavy atom. The van der Waals surface area contributed by atoms with Crippen molar-refractivity contribution in [2.24, 2.45) is 0 Å². The van der Waals surface area contributed by atoms with Crippen molar-refractivity contribution in [3.63, 3.8) is 0 Å². The molecule has 0 fully saturated rings. The van der Waals surface area contributed by atoms with E-state index in [4.69, 9.17) is 27.9 Å². The van der Waals surface area contributed by atoms with E-state index in [1.807, 2.05) is 5.38 Å². The van der Waals surface area contributed by atoms with E-state index in [-0.39, 0.29) is 6.61 Å². The number of aryl methyl sites for hydroxylation is 1. The maximum atomic E-state index is 9.33. The highest BCUT2D eigenvalue weighted by molar-refractivity contribution is 7.09. The summed E-state index contributed by atoms with van der Waals surface area (Å²) in [5.74, 6) is 0.462. The number of benzene rings is 1. The number of hydrogen-bond donors (Lipinski definition) is 1. The molecular weight excluding hydrogens is 317 g/mol. The van der Waals surface area contributed by atoms with E-state index in [0.29, 0.717) is 28.0 Å². The molecule has 2 aromatic rings. The lowest BCUT2D eigenvalue weighted by Gasteiger charge is -2.11. The largest absolute Gasteiger partial charge is 0.485 e. The topological polar surface area (TPSA) is 42.4 Å². The maximum absolute atomic E-state index is 9.33. The number of aromatic nitrogens is 1. The molecule has 3 nitrogen and oxygen atoms in total. The van der Waals surface area contributed by atoms with Gasteiger partial charge in [0, 0.05) is 16.0 Å². The highest BCUT2D eigenvalue weighted by Crippen LogP contribution is 2.33. The van der Waals surface area contributed by atoms with Gasteiger partial charge in [0.25, 0.3) is 0 Å². The first-order chi connectivity index (χ1) is 9.63. The number of aliphatic hydroxyl groups is 1. The van der Waals surface area contributed by atoms with Crippen LogP contribution in [0.5, 0.6) is 5.75 Å². The molecule has 0 aliphatic heterocycles. The van der Waals surface area contributed by atoms with Gasteiger partial charge in [-0.25, -0.2) is 4.98 Å². The number of hydrogen-bond acceptors (Lipinski definition) is 4. The van der Waals surface area contributed by atoms with E-state index in [1.54, 1.807) is 23.5 Å². The third-order valence-corrected chi connectivity index (χ3v) is 4.14. The van der Waals surface area contributed by atoms with Crippen molar-refractivity contribution in [1.82, 2.24) is 4.98 Å². The lowest BCUT2D eigenvalue weighted by Crippen LogP contribution is -2.00. The van der Waals surface area contributed by atoms with Gasteiger partial charge in [-0.3, -0.25) is 0 Å². The molecule has 1 heterocycles. The average molecular weight is 332 g/mol. The number of rotatable bonds is 6. The Morgan fingerprint density at radius 2 is 2.15 bits per heavy atom. The number of aliphatic hydroxyl groups excluding tert-OH is 1. The van der Waals surface area contributed by atoms with Gasteiger partial charge in [0.15, 0.2) is 0 Å². The molecular formula is C14H15Cl2NO2S. The van der Waals surface area contributed by atoms with Gasteiger partial charge in [0.05, 0.1) is 22.3 Å². The molecule has 0 radical (unpaired) electrons. The molecule has 2 rings (SSSR count).